The molecule has 9 heteroatoms. The van der Waals surface area contributed by atoms with Crippen molar-refractivity contribution in [1.29, 1.82) is 5.41 Å². The predicted molar refractivity (Wildman–Crippen MR) is 102 cm³/mol. The number of carbonyl (C=O) groups is 2. The molecule has 2 heterocycles. The smallest absolute Gasteiger partial charge is 0.249 e. The Labute approximate surface area is 157 Å². The lowest BCUT2D eigenvalue weighted by Crippen LogP contribution is -2.35. The van der Waals surface area contributed by atoms with Gasteiger partial charge in [0.05, 0.1) is 11.2 Å². The van der Waals surface area contributed by atoms with E-state index < -0.39 is 4.75 Å². The van der Waals surface area contributed by atoms with E-state index in [4.69, 9.17) is 10.1 Å². The first-order valence-electron chi connectivity index (χ1n) is 8.80. The van der Waals surface area contributed by atoms with Crippen molar-refractivity contribution in [3.63, 3.8) is 0 Å². The molecule has 0 saturated carbocycles. The number of amides is 1. The molecule has 0 spiro atoms. The minimum absolute atomic E-state index is 0.0177. The molecule has 0 atom stereocenters. The number of H-pyrrole nitrogens is 1. The number of hydrogen-bond donors (Lipinski definition) is 3. The number of nitrogens with zero attached hydrogens (tertiary/aromatic N) is 2. The van der Waals surface area contributed by atoms with Crippen LogP contribution in [0.15, 0.2) is 0 Å². The molecule has 1 aromatic rings. The van der Waals surface area contributed by atoms with Crippen LogP contribution < -0.4 is 5.32 Å². The largest absolute Gasteiger partial charge is 0.381 e. The molecular formula is C17H27N5O3S. The summed E-state index contributed by atoms with van der Waals surface area (Å²) in [6.45, 7) is 6.96. The Morgan fingerprint density at radius 2 is 2.08 bits per heavy atom. The molecule has 1 amide bonds. The third-order valence-corrected chi connectivity index (χ3v) is 5.62. The summed E-state index contributed by atoms with van der Waals surface area (Å²) >= 11 is 1.61. The molecule has 1 aliphatic heterocycles. The number of ketones is 1. The number of Topliss-reactive ketones (excluding diaryl/α,β-unsaturated/α-hetero) is 1. The maximum absolute atomic E-state index is 12.5. The molecule has 8 nitrogen and oxygen atoms in total. The quantitative estimate of drug-likeness (QED) is 0.447. The topological polar surface area (TPSA) is 121 Å². The molecule has 0 radical (unpaired) electrons. The van der Waals surface area contributed by atoms with E-state index in [1.165, 1.54) is 0 Å². The van der Waals surface area contributed by atoms with Crippen LogP contribution in [0.3, 0.4) is 0 Å². The molecule has 1 fully saturated rings. The summed E-state index contributed by atoms with van der Waals surface area (Å²) in [5.41, 5.74) is 0.249. The fourth-order valence-electron chi connectivity index (χ4n) is 2.60. The molecule has 0 aliphatic carbocycles. The summed E-state index contributed by atoms with van der Waals surface area (Å²) in [4.78, 5) is 28.4. The van der Waals surface area contributed by atoms with Crippen LogP contribution in [0.25, 0.3) is 0 Å². The highest BCUT2D eigenvalue weighted by Crippen LogP contribution is 2.29. The van der Waals surface area contributed by atoms with Gasteiger partial charge in [-0.15, -0.1) is 16.9 Å². The maximum Gasteiger partial charge on any atom is 0.249 e. The number of carbonyl (C=O) groups excluding carboxylic acids is 2. The Hall–Kier alpha value is -1.74. The predicted octanol–water partition coefficient (Wildman–Crippen LogP) is 2.68. The standard InChI is InChI=1S/C17H27N5O3S/c1-11(18)10-13(23)14-19-16(22-21-14)20-15(24)17(2,3)26-9-6-12-4-7-25-8-5-12/h12,18H,4-10H2,1-3H3,(H2,19,20,21,22,24). The fourth-order valence-corrected chi connectivity index (χ4v) is 3.74. The first-order valence-corrected chi connectivity index (χ1v) is 9.79. The lowest BCUT2D eigenvalue weighted by atomic mass is 9.98. The molecule has 0 bridgehead atoms. The van der Waals surface area contributed by atoms with Gasteiger partial charge in [-0.2, -0.15) is 4.98 Å². The first-order chi connectivity index (χ1) is 12.3. The van der Waals surface area contributed by atoms with Crippen molar-refractivity contribution in [3.05, 3.63) is 5.82 Å². The lowest BCUT2D eigenvalue weighted by Gasteiger charge is -2.25. The Morgan fingerprint density at radius 1 is 1.38 bits per heavy atom. The van der Waals surface area contributed by atoms with E-state index in [-0.39, 0.29) is 35.6 Å². The molecule has 0 unspecified atom stereocenters. The molecule has 144 valence electrons. The maximum atomic E-state index is 12.5. The van der Waals surface area contributed by atoms with Gasteiger partial charge in [0, 0.05) is 18.9 Å². The van der Waals surface area contributed by atoms with Gasteiger partial charge in [-0.1, -0.05) is 0 Å². The van der Waals surface area contributed by atoms with E-state index in [9.17, 15) is 9.59 Å². The minimum atomic E-state index is -0.623. The van der Waals surface area contributed by atoms with Crippen LogP contribution in [0.4, 0.5) is 5.95 Å². The fraction of sp³-hybridized carbons (Fsp3) is 0.706. The number of aromatic nitrogens is 3. The number of hydrogen-bond acceptors (Lipinski definition) is 7. The van der Waals surface area contributed by atoms with E-state index in [1.807, 2.05) is 13.8 Å². The van der Waals surface area contributed by atoms with Crippen LogP contribution in [0.2, 0.25) is 0 Å². The van der Waals surface area contributed by atoms with E-state index >= 15 is 0 Å². The number of rotatable bonds is 9. The SMILES string of the molecule is CC(=N)CC(=O)c1nc(NC(=O)C(C)(C)SCCC2CCOCC2)n[nH]1. The molecule has 0 aromatic carbocycles. The van der Waals surface area contributed by atoms with E-state index in [0.29, 0.717) is 5.92 Å². The summed E-state index contributed by atoms with van der Waals surface area (Å²) in [6.07, 6.45) is 3.25. The Balaban J connectivity index is 1.82. The number of aromatic amines is 1. The highest BCUT2D eigenvalue weighted by Gasteiger charge is 2.29. The Kier molecular flexibility index (Phi) is 7.33. The van der Waals surface area contributed by atoms with Crippen molar-refractivity contribution in [2.75, 3.05) is 24.3 Å². The first kappa shape index (κ1) is 20.6. The van der Waals surface area contributed by atoms with E-state index in [0.717, 1.165) is 38.2 Å². The average Bonchev–Trinajstić information content (AvgIpc) is 3.04. The summed E-state index contributed by atoms with van der Waals surface area (Å²) < 4.78 is 4.74. The van der Waals surface area contributed by atoms with Crippen molar-refractivity contribution >= 4 is 35.1 Å². The van der Waals surface area contributed by atoms with Crippen molar-refractivity contribution in [2.45, 2.75) is 51.2 Å². The van der Waals surface area contributed by atoms with Gasteiger partial charge in [0.1, 0.15) is 0 Å². The monoisotopic (exact) mass is 381 g/mol. The van der Waals surface area contributed by atoms with Crippen molar-refractivity contribution in [2.24, 2.45) is 5.92 Å². The highest BCUT2D eigenvalue weighted by atomic mass is 32.2. The second kappa shape index (κ2) is 9.27. The van der Waals surface area contributed by atoms with Gasteiger partial charge in [-0.25, -0.2) is 0 Å². The van der Waals surface area contributed by atoms with Crippen LogP contribution in [0, 0.1) is 11.3 Å². The van der Waals surface area contributed by atoms with Crippen LogP contribution in [-0.2, 0) is 9.53 Å². The number of ether oxygens (including phenoxy) is 1. The van der Waals surface area contributed by atoms with E-state index in [2.05, 4.69) is 20.5 Å². The summed E-state index contributed by atoms with van der Waals surface area (Å²) in [5.74, 6) is 1.19. The van der Waals surface area contributed by atoms with Gasteiger partial charge in [0.15, 0.2) is 5.82 Å². The third-order valence-electron chi connectivity index (χ3n) is 4.28. The van der Waals surface area contributed by atoms with Crippen LogP contribution in [0.5, 0.6) is 0 Å². The molecular weight excluding hydrogens is 354 g/mol. The number of anilines is 1. The number of thioether (sulfide) groups is 1. The van der Waals surface area contributed by atoms with Crippen LogP contribution in [0.1, 0.15) is 57.1 Å². The van der Waals surface area contributed by atoms with Crippen molar-refractivity contribution in [1.82, 2.24) is 15.2 Å². The lowest BCUT2D eigenvalue weighted by molar-refractivity contribution is -0.117. The summed E-state index contributed by atoms with van der Waals surface area (Å²) in [7, 11) is 0. The van der Waals surface area contributed by atoms with Crippen molar-refractivity contribution < 1.29 is 14.3 Å². The van der Waals surface area contributed by atoms with Gasteiger partial charge < -0.3 is 10.1 Å². The van der Waals surface area contributed by atoms with Crippen LogP contribution >= 0.6 is 11.8 Å². The second-order valence-electron chi connectivity index (χ2n) is 7.05. The van der Waals surface area contributed by atoms with E-state index in [1.54, 1.807) is 18.7 Å². The van der Waals surface area contributed by atoms with Gasteiger partial charge in [0.25, 0.3) is 0 Å². The minimum Gasteiger partial charge on any atom is -0.381 e. The molecule has 3 N–H and O–H groups in total. The second-order valence-corrected chi connectivity index (χ2v) is 8.76. The molecule has 1 aliphatic rings. The Bertz CT molecular complexity index is 653. The highest BCUT2D eigenvalue weighted by molar-refractivity contribution is 8.01. The zero-order valence-corrected chi connectivity index (χ0v) is 16.4. The Morgan fingerprint density at radius 3 is 2.73 bits per heavy atom. The molecule has 26 heavy (non-hydrogen) atoms. The molecule has 1 saturated heterocycles. The zero-order valence-electron chi connectivity index (χ0n) is 15.6. The molecule has 2 rings (SSSR count). The van der Waals surface area contributed by atoms with Gasteiger partial charge in [-0.05, 0) is 51.7 Å². The van der Waals surface area contributed by atoms with Gasteiger partial charge in [0.2, 0.25) is 17.6 Å². The van der Waals surface area contributed by atoms with Gasteiger partial charge in [-0.3, -0.25) is 20.0 Å². The zero-order chi connectivity index (χ0) is 19.2. The summed E-state index contributed by atoms with van der Waals surface area (Å²) in [5, 5.41) is 16.4. The normalized spacial score (nSPS) is 15.7. The summed E-state index contributed by atoms with van der Waals surface area (Å²) in [6, 6.07) is 0. The van der Waals surface area contributed by atoms with Crippen LogP contribution in [-0.4, -0.2) is 56.3 Å². The average molecular weight is 382 g/mol. The third kappa shape index (κ3) is 6.21. The van der Waals surface area contributed by atoms with Crippen molar-refractivity contribution in [3.8, 4) is 0 Å². The van der Waals surface area contributed by atoms with Gasteiger partial charge >= 0.3 is 0 Å². The molecule has 1 aromatic heterocycles. The number of nitrogens with one attached hydrogen (secondary N) is 3.